The van der Waals surface area contributed by atoms with Crippen molar-refractivity contribution in [2.24, 2.45) is 0 Å². The standard InChI is InChI=1S/C25H26IN5O5S/c1-30(2)21-8-4-7-19-18(21)6-5-9-23(19)37(34,35)27-15-20-24(26)31(29-28-20)22(25(33)36-3)14-16-10-12-17(32)13-11-16/h4-13,22,27,32H,14-15H2,1-3H3. The van der Waals surface area contributed by atoms with E-state index in [1.54, 1.807) is 30.3 Å². The maximum Gasteiger partial charge on any atom is 0.331 e. The molecule has 0 aliphatic rings. The lowest BCUT2D eigenvalue weighted by atomic mass is 10.1. The molecule has 0 aliphatic carbocycles. The van der Waals surface area contributed by atoms with Crippen LogP contribution >= 0.6 is 22.6 Å². The number of benzene rings is 3. The van der Waals surface area contributed by atoms with Crippen molar-refractivity contribution in [3.05, 3.63) is 75.6 Å². The highest BCUT2D eigenvalue weighted by molar-refractivity contribution is 14.1. The zero-order valence-corrected chi connectivity index (χ0v) is 23.4. The normalized spacial score (nSPS) is 12.4. The largest absolute Gasteiger partial charge is 0.508 e. The summed E-state index contributed by atoms with van der Waals surface area (Å²) < 4.78 is 36.1. The molecular weight excluding hydrogens is 609 g/mol. The predicted octanol–water partition coefficient (Wildman–Crippen LogP) is 3.24. The maximum atomic E-state index is 13.3. The Morgan fingerprint density at radius 2 is 1.78 bits per heavy atom. The van der Waals surface area contributed by atoms with Gasteiger partial charge in [0.1, 0.15) is 15.1 Å². The molecule has 12 heteroatoms. The van der Waals surface area contributed by atoms with E-state index in [9.17, 15) is 18.3 Å². The molecule has 0 saturated heterocycles. The topological polar surface area (TPSA) is 127 Å². The summed E-state index contributed by atoms with van der Waals surface area (Å²) in [6.07, 6.45) is 0.252. The maximum absolute atomic E-state index is 13.3. The van der Waals surface area contributed by atoms with Crippen molar-refractivity contribution in [2.75, 3.05) is 26.1 Å². The number of carbonyl (C=O) groups is 1. The summed E-state index contributed by atoms with van der Waals surface area (Å²) in [5.74, 6) is -0.400. The first-order chi connectivity index (χ1) is 17.6. The van der Waals surface area contributed by atoms with Gasteiger partial charge in [-0.05, 0) is 52.4 Å². The number of aromatic hydroxyl groups is 1. The van der Waals surface area contributed by atoms with Crippen LogP contribution in [0.4, 0.5) is 5.69 Å². The summed E-state index contributed by atoms with van der Waals surface area (Å²) in [5, 5.41) is 19.2. The van der Waals surface area contributed by atoms with Crippen LogP contribution in [0.5, 0.6) is 5.75 Å². The van der Waals surface area contributed by atoms with E-state index in [4.69, 9.17) is 4.74 Å². The van der Waals surface area contributed by atoms with Gasteiger partial charge in [0.25, 0.3) is 0 Å². The van der Waals surface area contributed by atoms with Crippen molar-refractivity contribution < 1.29 is 23.1 Å². The van der Waals surface area contributed by atoms with E-state index < -0.39 is 22.0 Å². The van der Waals surface area contributed by atoms with Gasteiger partial charge in [0.15, 0.2) is 6.04 Å². The van der Waals surface area contributed by atoms with Crippen molar-refractivity contribution >= 4 is 55.0 Å². The molecule has 4 aromatic rings. The first-order valence-corrected chi connectivity index (χ1v) is 13.8. The average Bonchev–Trinajstić information content (AvgIpc) is 3.25. The zero-order valence-electron chi connectivity index (χ0n) is 20.4. The van der Waals surface area contributed by atoms with Gasteiger partial charge in [-0.15, -0.1) is 5.10 Å². The minimum atomic E-state index is -3.89. The lowest BCUT2D eigenvalue weighted by Gasteiger charge is -2.17. The molecular formula is C25H26IN5O5S. The van der Waals surface area contributed by atoms with E-state index in [1.165, 1.54) is 23.9 Å². The Morgan fingerprint density at radius 3 is 2.46 bits per heavy atom. The van der Waals surface area contributed by atoms with Gasteiger partial charge in [0.05, 0.1) is 18.6 Å². The third kappa shape index (κ3) is 5.70. The Kier molecular flexibility index (Phi) is 7.99. The highest BCUT2D eigenvalue weighted by atomic mass is 127. The lowest BCUT2D eigenvalue weighted by Crippen LogP contribution is -2.26. The molecule has 0 amide bonds. The third-order valence-electron chi connectivity index (χ3n) is 5.89. The van der Waals surface area contributed by atoms with Gasteiger partial charge in [0.2, 0.25) is 10.0 Å². The number of sulfonamides is 1. The Hall–Kier alpha value is -3.23. The fourth-order valence-corrected chi connectivity index (χ4v) is 5.95. The number of fused-ring (bicyclic) bond motifs is 1. The molecule has 0 spiro atoms. The number of esters is 1. The van der Waals surface area contributed by atoms with Crippen LogP contribution in [0, 0.1) is 3.70 Å². The van der Waals surface area contributed by atoms with E-state index in [-0.39, 0.29) is 23.6 Å². The number of phenolic OH excluding ortho intramolecular Hbond substituents is 1. The second-order valence-corrected chi connectivity index (χ2v) is 11.3. The quantitative estimate of drug-likeness (QED) is 0.212. The molecule has 4 rings (SSSR count). The van der Waals surface area contributed by atoms with Gasteiger partial charge in [0, 0.05) is 37.0 Å². The Balaban J connectivity index is 1.59. The third-order valence-corrected chi connectivity index (χ3v) is 8.47. The number of nitrogens with one attached hydrogen (secondary N) is 1. The molecule has 0 fully saturated rings. The number of anilines is 1. The second kappa shape index (κ2) is 11.0. The molecule has 2 N–H and O–H groups in total. The minimum absolute atomic E-state index is 0.114. The Morgan fingerprint density at radius 1 is 1.11 bits per heavy atom. The molecule has 0 aliphatic heterocycles. The number of phenols is 1. The fourth-order valence-electron chi connectivity index (χ4n) is 4.01. The minimum Gasteiger partial charge on any atom is -0.508 e. The van der Waals surface area contributed by atoms with Crippen molar-refractivity contribution in [3.8, 4) is 5.75 Å². The average molecular weight is 635 g/mol. The van der Waals surface area contributed by atoms with Gasteiger partial charge in [-0.3, -0.25) is 0 Å². The molecule has 1 heterocycles. The van der Waals surface area contributed by atoms with E-state index in [0.717, 1.165) is 16.6 Å². The van der Waals surface area contributed by atoms with Gasteiger partial charge < -0.3 is 14.7 Å². The van der Waals surface area contributed by atoms with E-state index in [2.05, 4.69) is 15.0 Å². The smallest absolute Gasteiger partial charge is 0.331 e. The van der Waals surface area contributed by atoms with Gasteiger partial charge in [-0.2, -0.15) is 0 Å². The van der Waals surface area contributed by atoms with Crippen LogP contribution in [-0.4, -0.2) is 55.7 Å². The molecule has 1 atom stereocenters. The first kappa shape index (κ1) is 26.8. The Bertz CT molecular complexity index is 1540. The molecule has 37 heavy (non-hydrogen) atoms. The van der Waals surface area contributed by atoms with Crippen LogP contribution in [-0.2, 0) is 32.5 Å². The molecule has 0 saturated carbocycles. The molecule has 1 aromatic heterocycles. The monoisotopic (exact) mass is 635 g/mol. The summed E-state index contributed by atoms with van der Waals surface area (Å²) in [5.41, 5.74) is 2.07. The second-order valence-electron chi connectivity index (χ2n) is 8.53. The number of hydrogen-bond acceptors (Lipinski definition) is 8. The van der Waals surface area contributed by atoms with Crippen LogP contribution in [0.3, 0.4) is 0 Å². The van der Waals surface area contributed by atoms with Crippen LogP contribution in [0.25, 0.3) is 10.8 Å². The van der Waals surface area contributed by atoms with Gasteiger partial charge in [-0.25, -0.2) is 22.6 Å². The number of hydrogen-bond donors (Lipinski definition) is 2. The number of halogens is 1. The summed E-state index contributed by atoms with van der Waals surface area (Å²) in [6.45, 7) is -0.114. The molecule has 3 aromatic carbocycles. The summed E-state index contributed by atoms with van der Waals surface area (Å²) >= 11 is 1.99. The zero-order chi connectivity index (χ0) is 26.7. The van der Waals surface area contributed by atoms with Gasteiger partial charge >= 0.3 is 5.97 Å². The number of aromatic nitrogens is 3. The highest BCUT2D eigenvalue weighted by Crippen LogP contribution is 2.30. The lowest BCUT2D eigenvalue weighted by molar-refractivity contribution is -0.145. The van der Waals surface area contributed by atoms with Crippen molar-refractivity contribution in [2.45, 2.75) is 23.9 Å². The summed E-state index contributed by atoms with van der Waals surface area (Å²) in [6, 6.07) is 16.4. The first-order valence-electron chi connectivity index (χ1n) is 11.3. The number of carbonyl (C=O) groups excluding carboxylic acids is 1. The van der Waals surface area contributed by atoms with Crippen molar-refractivity contribution in [1.29, 1.82) is 0 Å². The van der Waals surface area contributed by atoms with Gasteiger partial charge in [-0.1, -0.05) is 41.6 Å². The molecule has 1 unspecified atom stereocenters. The molecule has 194 valence electrons. The summed E-state index contributed by atoms with van der Waals surface area (Å²) in [4.78, 5) is 14.7. The fraction of sp³-hybridized carbons (Fsp3) is 0.240. The van der Waals surface area contributed by atoms with Crippen LogP contribution < -0.4 is 9.62 Å². The van der Waals surface area contributed by atoms with Crippen molar-refractivity contribution in [3.63, 3.8) is 0 Å². The van der Waals surface area contributed by atoms with Crippen LogP contribution in [0.2, 0.25) is 0 Å². The van der Waals surface area contributed by atoms with Crippen molar-refractivity contribution in [1.82, 2.24) is 19.7 Å². The van der Waals surface area contributed by atoms with Crippen LogP contribution in [0.1, 0.15) is 17.3 Å². The number of rotatable bonds is 9. The number of methoxy groups -OCH3 is 1. The number of ether oxygens (including phenoxy) is 1. The van der Waals surface area contributed by atoms with E-state index >= 15 is 0 Å². The molecule has 10 nitrogen and oxygen atoms in total. The van der Waals surface area contributed by atoms with E-state index in [0.29, 0.717) is 14.8 Å². The van der Waals surface area contributed by atoms with Crippen LogP contribution in [0.15, 0.2) is 65.6 Å². The summed E-state index contributed by atoms with van der Waals surface area (Å²) in [7, 11) is 1.21. The molecule has 0 bridgehead atoms. The highest BCUT2D eigenvalue weighted by Gasteiger charge is 2.27. The van der Waals surface area contributed by atoms with E-state index in [1.807, 2.05) is 59.8 Å². The SMILES string of the molecule is COC(=O)C(Cc1ccc(O)cc1)n1nnc(CNS(=O)(=O)c2cccc3c(N(C)C)cccc23)c1I. The Labute approximate surface area is 228 Å². The number of nitrogens with zero attached hydrogens (tertiary/aromatic N) is 4. The predicted molar refractivity (Wildman–Crippen MR) is 148 cm³/mol. The molecule has 0 radical (unpaired) electrons.